The lowest BCUT2D eigenvalue weighted by atomic mass is 10.1. The Bertz CT molecular complexity index is 1770. The van der Waals surface area contributed by atoms with E-state index < -0.39 is 15.8 Å². The van der Waals surface area contributed by atoms with Crippen LogP contribution >= 0.6 is 0 Å². The van der Waals surface area contributed by atoms with E-state index in [1.165, 1.54) is 3.97 Å². The predicted molar refractivity (Wildman–Crippen MR) is 146 cm³/mol. The molecule has 0 bridgehead atoms. The zero-order chi connectivity index (χ0) is 26.7. The van der Waals surface area contributed by atoms with E-state index >= 15 is 0 Å². The fourth-order valence-corrected chi connectivity index (χ4v) is 6.44. The molecule has 0 radical (unpaired) electrons. The van der Waals surface area contributed by atoms with Crippen LogP contribution in [0.25, 0.3) is 33.2 Å². The van der Waals surface area contributed by atoms with E-state index in [1.54, 1.807) is 36.5 Å². The first-order valence-electron chi connectivity index (χ1n) is 12.5. The van der Waals surface area contributed by atoms with Gasteiger partial charge in [-0.2, -0.15) is 0 Å². The molecule has 9 heteroatoms. The average Bonchev–Trinajstić information content (AvgIpc) is 3.55. The summed E-state index contributed by atoms with van der Waals surface area (Å²) in [6.07, 6.45) is 3.39. The van der Waals surface area contributed by atoms with Crippen LogP contribution in [0, 0.1) is 6.92 Å². The third-order valence-corrected chi connectivity index (χ3v) is 8.54. The molecule has 1 atom stereocenters. The molecule has 5 aromatic rings. The lowest BCUT2D eigenvalue weighted by Crippen LogP contribution is -2.25. The molecule has 0 amide bonds. The van der Waals surface area contributed by atoms with Gasteiger partial charge in [-0.3, -0.25) is 0 Å². The van der Waals surface area contributed by atoms with E-state index in [0.717, 1.165) is 27.4 Å². The van der Waals surface area contributed by atoms with Crippen LogP contribution in [0.4, 0.5) is 0 Å². The van der Waals surface area contributed by atoms with Gasteiger partial charge in [-0.1, -0.05) is 17.7 Å². The molecule has 196 valence electrons. The number of aryl methyl sites for hydroxylation is 2. The number of pyridine rings is 1. The van der Waals surface area contributed by atoms with Crippen LogP contribution in [0.1, 0.15) is 19.4 Å². The van der Waals surface area contributed by atoms with Gasteiger partial charge in [0.05, 0.1) is 17.2 Å². The molecule has 0 saturated carbocycles. The van der Waals surface area contributed by atoms with Gasteiger partial charge in [0.15, 0.2) is 11.4 Å². The number of benzene rings is 2. The van der Waals surface area contributed by atoms with Crippen molar-refractivity contribution in [3.8, 4) is 17.0 Å². The summed E-state index contributed by atoms with van der Waals surface area (Å²) in [7, 11) is -1.99. The second kappa shape index (κ2) is 8.97. The molecule has 1 aliphatic heterocycles. The Balaban J connectivity index is 1.47. The summed E-state index contributed by atoms with van der Waals surface area (Å²) < 4.78 is 48.9. The molecule has 0 N–H and O–H groups in total. The smallest absolute Gasteiger partial charge is 0.269 e. The number of hydrogen-bond donors (Lipinski definition) is 0. The van der Waals surface area contributed by atoms with Gasteiger partial charge < -0.3 is 18.8 Å². The van der Waals surface area contributed by atoms with Crippen molar-refractivity contribution in [2.45, 2.75) is 37.6 Å². The highest BCUT2D eigenvalue weighted by Crippen LogP contribution is 2.37. The number of fused-ring (bicyclic) bond motifs is 2. The molecular formula is C29H29N3O5S. The third-order valence-electron chi connectivity index (χ3n) is 6.82. The first-order chi connectivity index (χ1) is 18.1. The Kier molecular flexibility index (Phi) is 5.82. The van der Waals surface area contributed by atoms with Gasteiger partial charge in [0.2, 0.25) is 0 Å². The Labute approximate surface area is 221 Å². The summed E-state index contributed by atoms with van der Waals surface area (Å²) in [5.41, 5.74) is 3.62. The van der Waals surface area contributed by atoms with Crippen LogP contribution in [0.15, 0.2) is 78.0 Å². The molecule has 4 heterocycles. The predicted octanol–water partition coefficient (Wildman–Crippen LogP) is 5.27. The summed E-state index contributed by atoms with van der Waals surface area (Å²) in [5.74, 6) is 0.0510. The minimum atomic E-state index is -3.94. The van der Waals surface area contributed by atoms with Crippen molar-refractivity contribution in [3.05, 3.63) is 78.6 Å². The molecule has 1 fully saturated rings. The van der Waals surface area contributed by atoms with Gasteiger partial charge in [0.1, 0.15) is 18.5 Å². The molecule has 3 aromatic heterocycles. The minimum absolute atomic E-state index is 0.163. The van der Waals surface area contributed by atoms with Gasteiger partial charge in [0, 0.05) is 41.3 Å². The Hall–Kier alpha value is -3.66. The van der Waals surface area contributed by atoms with Crippen LogP contribution in [-0.4, -0.2) is 47.0 Å². The van der Waals surface area contributed by atoms with Crippen LogP contribution in [0.3, 0.4) is 0 Å². The molecule has 38 heavy (non-hydrogen) atoms. The molecule has 0 unspecified atom stereocenters. The summed E-state index contributed by atoms with van der Waals surface area (Å²) >= 11 is 0. The summed E-state index contributed by atoms with van der Waals surface area (Å²) in [6.45, 7) is 6.51. The van der Waals surface area contributed by atoms with Gasteiger partial charge >= 0.3 is 0 Å². The van der Waals surface area contributed by atoms with Crippen LogP contribution < -0.4 is 4.74 Å². The first kappa shape index (κ1) is 24.7. The minimum Gasteiger partial charge on any atom is -0.491 e. The number of nitrogens with zero attached hydrogens (tertiary/aromatic N) is 3. The van der Waals surface area contributed by atoms with E-state index in [1.807, 2.05) is 68.9 Å². The van der Waals surface area contributed by atoms with Crippen molar-refractivity contribution in [2.24, 2.45) is 7.05 Å². The van der Waals surface area contributed by atoms with E-state index in [4.69, 9.17) is 14.2 Å². The topological polar surface area (TPSA) is 84.6 Å². The second-order valence-corrected chi connectivity index (χ2v) is 11.9. The summed E-state index contributed by atoms with van der Waals surface area (Å²) in [6, 6.07) is 18.3. The zero-order valence-corrected chi connectivity index (χ0v) is 22.5. The number of rotatable bonds is 6. The maximum Gasteiger partial charge on any atom is 0.269 e. The standard InChI is InChI=1S/C29H29N3O5S/c1-19-7-10-23(11-8-19)38(33,34)32-27(14-20-6-5-13-30-28(20)32)25-16-31(4)26-12-9-21(15-24(25)26)35-17-22-18-36-29(2,3)37-22/h5-16,22H,17-18H2,1-4H3/t22-/m0/s1. The molecule has 8 nitrogen and oxygen atoms in total. The highest BCUT2D eigenvalue weighted by atomic mass is 32.2. The van der Waals surface area contributed by atoms with E-state index in [-0.39, 0.29) is 11.0 Å². The molecule has 0 spiro atoms. The highest BCUT2D eigenvalue weighted by Gasteiger charge is 2.33. The molecule has 0 aliphatic carbocycles. The molecule has 6 rings (SSSR count). The Morgan fingerprint density at radius 3 is 2.63 bits per heavy atom. The van der Waals surface area contributed by atoms with E-state index in [2.05, 4.69) is 4.98 Å². The third kappa shape index (κ3) is 4.26. The second-order valence-electron chi connectivity index (χ2n) is 10.1. The van der Waals surface area contributed by atoms with Gasteiger partial charge in [-0.05, 0) is 69.3 Å². The lowest BCUT2D eigenvalue weighted by Gasteiger charge is -2.17. The molecule has 1 aliphatic rings. The SMILES string of the molecule is Cc1ccc(S(=O)(=O)n2c(-c3cn(C)c4ccc(OC[C@H]5COC(C)(C)O5)cc34)cc3cccnc32)cc1. The molecular weight excluding hydrogens is 502 g/mol. The van der Waals surface area contributed by atoms with E-state index in [0.29, 0.717) is 30.3 Å². The van der Waals surface area contributed by atoms with Crippen molar-refractivity contribution in [3.63, 3.8) is 0 Å². The van der Waals surface area contributed by atoms with Crippen LogP contribution in [0.5, 0.6) is 5.75 Å². The first-order valence-corrected chi connectivity index (χ1v) is 13.9. The highest BCUT2D eigenvalue weighted by molar-refractivity contribution is 7.90. The fraction of sp³-hybridized carbons (Fsp3) is 0.276. The maximum absolute atomic E-state index is 14.0. The molecule has 1 saturated heterocycles. The monoisotopic (exact) mass is 531 g/mol. The van der Waals surface area contributed by atoms with E-state index in [9.17, 15) is 8.42 Å². The maximum atomic E-state index is 14.0. The van der Waals surface area contributed by atoms with Crippen molar-refractivity contribution in [2.75, 3.05) is 13.2 Å². The van der Waals surface area contributed by atoms with Crippen molar-refractivity contribution >= 4 is 32.0 Å². The van der Waals surface area contributed by atoms with Gasteiger partial charge in [-0.15, -0.1) is 0 Å². The van der Waals surface area contributed by atoms with Crippen molar-refractivity contribution in [1.29, 1.82) is 0 Å². The largest absolute Gasteiger partial charge is 0.491 e. The molecule has 2 aromatic carbocycles. The summed E-state index contributed by atoms with van der Waals surface area (Å²) in [5, 5.41) is 1.61. The Morgan fingerprint density at radius 2 is 1.89 bits per heavy atom. The lowest BCUT2D eigenvalue weighted by molar-refractivity contribution is -0.141. The average molecular weight is 532 g/mol. The normalized spacial score (nSPS) is 17.4. The number of hydrogen-bond acceptors (Lipinski definition) is 6. The van der Waals surface area contributed by atoms with Crippen molar-refractivity contribution < 1.29 is 22.6 Å². The number of ether oxygens (including phenoxy) is 3. The quantitative estimate of drug-likeness (QED) is 0.297. The zero-order valence-electron chi connectivity index (χ0n) is 21.7. The Morgan fingerprint density at radius 1 is 1.11 bits per heavy atom. The summed E-state index contributed by atoms with van der Waals surface area (Å²) in [4.78, 5) is 4.66. The number of aromatic nitrogens is 3. The van der Waals surface area contributed by atoms with Crippen LogP contribution in [-0.2, 0) is 26.5 Å². The van der Waals surface area contributed by atoms with Gasteiger partial charge in [0.25, 0.3) is 10.0 Å². The van der Waals surface area contributed by atoms with Crippen LogP contribution in [0.2, 0.25) is 0 Å². The van der Waals surface area contributed by atoms with Gasteiger partial charge in [-0.25, -0.2) is 17.4 Å². The fourth-order valence-electron chi connectivity index (χ4n) is 4.96. The van der Waals surface area contributed by atoms with Crippen molar-refractivity contribution in [1.82, 2.24) is 13.5 Å².